The lowest BCUT2D eigenvalue weighted by atomic mass is 9.92. The van der Waals surface area contributed by atoms with Gasteiger partial charge in [0.05, 0.1) is 12.6 Å². The average molecular weight is 610 g/mol. The van der Waals surface area contributed by atoms with Crippen molar-refractivity contribution in [3.8, 4) is 11.5 Å². The second-order valence-corrected chi connectivity index (χ2v) is 11.8. The van der Waals surface area contributed by atoms with E-state index in [1.54, 1.807) is 40.6 Å². The summed E-state index contributed by atoms with van der Waals surface area (Å²) < 4.78 is 5.79. The van der Waals surface area contributed by atoms with Crippen molar-refractivity contribution in [3.05, 3.63) is 117 Å². The van der Waals surface area contributed by atoms with E-state index in [9.17, 15) is 14.4 Å². The van der Waals surface area contributed by atoms with Crippen molar-refractivity contribution < 1.29 is 19.1 Å². The lowest BCUT2D eigenvalue weighted by Crippen LogP contribution is -2.49. The van der Waals surface area contributed by atoms with E-state index in [1.807, 2.05) is 68.4 Å². The van der Waals surface area contributed by atoms with Crippen molar-refractivity contribution in [1.82, 2.24) is 15.5 Å². The van der Waals surface area contributed by atoms with Crippen LogP contribution in [-0.2, 0) is 9.59 Å². The first kappa shape index (κ1) is 30.5. The molecule has 0 aliphatic carbocycles. The third-order valence-electron chi connectivity index (χ3n) is 7.76. The van der Waals surface area contributed by atoms with Crippen molar-refractivity contribution in [2.75, 3.05) is 13.1 Å². The van der Waals surface area contributed by atoms with E-state index >= 15 is 0 Å². The highest BCUT2D eigenvalue weighted by Crippen LogP contribution is 2.34. The maximum absolute atomic E-state index is 13.6. The molecule has 3 aromatic carbocycles. The molecule has 9 nitrogen and oxygen atoms in total. The number of benzene rings is 3. The molecule has 0 radical (unpaired) electrons. The number of hydrogen-bond donors (Lipinski definition) is 4. The molecule has 3 atom stereocenters. The van der Waals surface area contributed by atoms with E-state index in [2.05, 4.69) is 10.6 Å². The van der Waals surface area contributed by atoms with Crippen LogP contribution < -0.4 is 21.1 Å². The van der Waals surface area contributed by atoms with Crippen molar-refractivity contribution >= 4 is 34.9 Å². The zero-order valence-electron chi connectivity index (χ0n) is 24.6. The molecule has 2 heterocycles. The molecule has 5 N–H and O–H groups in total. The molecular weight excluding hydrogens is 574 g/mol. The van der Waals surface area contributed by atoms with Crippen LogP contribution in [0.5, 0.6) is 11.5 Å². The van der Waals surface area contributed by atoms with Gasteiger partial charge in [-0.1, -0.05) is 42.5 Å². The van der Waals surface area contributed by atoms with Crippen LogP contribution in [0, 0.1) is 12.3 Å². The van der Waals surface area contributed by atoms with Gasteiger partial charge in [-0.15, -0.1) is 11.3 Å². The Morgan fingerprint density at radius 1 is 1.00 bits per heavy atom. The monoisotopic (exact) mass is 609 g/mol. The number of nitrogens with two attached hydrogens (primary N) is 1. The Bertz CT molecular complexity index is 1650. The largest absolute Gasteiger partial charge is 0.457 e. The Hall–Kier alpha value is -4.96. The van der Waals surface area contributed by atoms with Gasteiger partial charge in [0.25, 0.3) is 5.91 Å². The van der Waals surface area contributed by atoms with E-state index in [1.165, 1.54) is 11.3 Å². The maximum Gasteiger partial charge on any atom is 0.251 e. The number of nitrogen functional groups attached to an aromatic ring is 1. The number of carbonyl (C=O) groups excluding carboxylic acids is 3. The van der Waals surface area contributed by atoms with Gasteiger partial charge in [0, 0.05) is 33.8 Å². The predicted molar refractivity (Wildman–Crippen MR) is 171 cm³/mol. The van der Waals surface area contributed by atoms with Crippen LogP contribution >= 0.6 is 11.3 Å². The summed E-state index contributed by atoms with van der Waals surface area (Å²) in [6.07, 6.45) is 0.467. The van der Waals surface area contributed by atoms with E-state index in [0.29, 0.717) is 35.6 Å². The van der Waals surface area contributed by atoms with Gasteiger partial charge in [-0.25, -0.2) is 0 Å². The summed E-state index contributed by atoms with van der Waals surface area (Å²) in [7, 11) is 0. The van der Waals surface area contributed by atoms with Crippen molar-refractivity contribution in [2.24, 2.45) is 5.73 Å². The molecule has 0 bridgehead atoms. The predicted octanol–water partition coefficient (Wildman–Crippen LogP) is 5.12. The number of nitrogens with zero attached hydrogens (tertiary/aromatic N) is 1. The molecule has 1 fully saturated rings. The summed E-state index contributed by atoms with van der Waals surface area (Å²) in [4.78, 5) is 42.5. The number of rotatable bonds is 10. The van der Waals surface area contributed by atoms with Crippen molar-refractivity contribution in [3.63, 3.8) is 0 Å². The maximum atomic E-state index is 13.6. The summed E-state index contributed by atoms with van der Waals surface area (Å²) in [5.41, 5.74) is 8.80. The van der Waals surface area contributed by atoms with Crippen LogP contribution in [0.15, 0.2) is 90.3 Å². The van der Waals surface area contributed by atoms with Crippen LogP contribution in [0.2, 0.25) is 0 Å². The molecule has 1 saturated heterocycles. The minimum Gasteiger partial charge on any atom is -0.457 e. The van der Waals surface area contributed by atoms with Crippen molar-refractivity contribution in [2.45, 2.75) is 38.3 Å². The van der Waals surface area contributed by atoms with Gasteiger partial charge in [-0.2, -0.15) is 0 Å². The molecule has 0 saturated carbocycles. The lowest BCUT2D eigenvalue weighted by Gasteiger charge is -2.25. The number of thiophene rings is 1. The van der Waals surface area contributed by atoms with Crippen LogP contribution in [0.3, 0.4) is 0 Å². The minimum absolute atomic E-state index is 0.0230. The van der Waals surface area contributed by atoms with E-state index < -0.39 is 11.9 Å². The molecular formula is C34H35N5O4S. The zero-order valence-corrected chi connectivity index (χ0v) is 25.4. The summed E-state index contributed by atoms with van der Waals surface area (Å²) >= 11 is 1.42. The highest BCUT2D eigenvalue weighted by Gasteiger charge is 2.40. The summed E-state index contributed by atoms with van der Waals surface area (Å²) in [6, 6.07) is 24.8. The molecule has 44 heavy (non-hydrogen) atoms. The van der Waals surface area contributed by atoms with E-state index in [-0.39, 0.29) is 36.2 Å². The summed E-state index contributed by atoms with van der Waals surface area (Å²) in [6.45, 7) is 4.01. The van der Waals surface area contributed by atoms with Gasteiger partial charge in [0.15, 0.2) is 0 Å². The van der Waals surface area contributed by atoms with Gasteiger partial charge in [-0.3, -0.25) is 19.8 Å². The Balaban J connectivity index is 1.25. The number of para-hydroxylation sites is 1. The highest BCUT2D eigenvalue weighted by atomic mass is 32.1. The van der Waals surface area contributed by atoms with Crippen molar-refractivity contribution in [1.29, 1.82) is 5.41 Å². The first-order valence-electron chi connectivity index (χ1n) is 14.4. The third kappa shape index (κ3) is 7.15. The Morgan fingerprint density at radius 2 is 1.68 bits per heavy atom. The fourth-order valence-corrected chi connectivity index (χ4v) is 6.31. The topological polar surface area (TPSA) is 138 Å². The minimum atomic E-state index is -0.701. The smallest absolute Gasteiger partial charge is 0.251 e. The number of likely N-dealkylation sites (tertiary alicyclic amines) is 1. The number of amidine groups is 1. The molecule has 3 amide bonds. The van der Waals surface area contributed by atoms with Gasteiger partial charge >= 0.3 is 0 Å². The first-order chi connectivity index (χ1) is 21.2. The highest BCUT2D eigenvalue weighted by molar-refractivity contribution is 7.10. The number of carbonyl (C=O) groups is 3. The Labute approximate surface area is 260 Å². The van der Waals surface area contributed by atoms with E-state index in [0.717, 1.165) is 16.0 Å². The number of nitrogens with one attached hydrogen (secondary N) is 3. The first-order valence-corrected chi connectivity index (χ1v) is 15.3. The standard InChI is InChI=1S/C34H35N5O4S/c1-21-8-6-7-11-28(21)24-16-29(34(42)38-22(2)30-17-25(20-44-30)32(35)36)39(19-24)31(40)18-37-33(41)23-12-14-27(15-13-23)43-26-9-4-3-5-10-26/h3-15,17,20,22,24,29H,16,18-19H2,1-2H3,(H3,35,36)(H,37,41)(H,38,42)/t22-,24+,29+/m1/s1. The summed E-state index contributed by atoms with van der Waals surface area (Å²) in [5.74, 6) is 0.234. The number of ether oxygens (including phenoxy) is 1. The molecule has 0 unspecified atom stereocenters. The molecule has 1 aromatic heterocycles. The quantitative estimate of drug-likeness (QED) is 0.146. The molecule has 4 aromatic rings. The lowest BCUT2D eigenvalue weighted by molar-refractivity contribution is -0.137. The molecule has 1 aliphatic heterocycles. The fraction of sp³-hybridized carbons (Fsp3) is 0.235. The molecule has 5 rings (SSSR count). The molecule has 0 spiro atoms. The molecule has 10 heteroatoms. The Morgan fingerprint density at radius 3 is 2.36 bits per heavy atom. The van der Waals surface area contributed by atoms with Gasteiger partial charge in [0.2, 0.25) is 11.8 Å². The van der Waals surface area contributed by atoms with Gasteiger partial charge < -0.3 is 26.0 Å². The zero-order chi connectivity index (χ0) is 31.2. The SMILES string of the molecule is Cc1ccccc1[C@H]1C[C@@H](C(=O)N[C@H](C)c2cc(C(=N)N)cs2)N(C(=O)CNC(=O)c2ccc(Oc3ccccc3)cc2)C1. The summed E-state index contributed by atoms with van der Waals surface area (Å²) in [5, 5.41) is 15.2. The molecule has 226 valence electrons. The van der Waals surface area contributed by atoms with Gasteiger partial charge in [0.1, 0.15) is 23.4 Å². The van der Waals surface area contributed by atoms with Gasteiger partial charge in [-0.05, 0) is 73.9 Å². The van der Waals surface area contributed by atoms with E-state index in [4.69, 9.17) is 15.9 Å². The number of hydrogen-bond acceptors (Lipinski definition) is 6. The molecule has 1 aliphatic rings. The second kappa shape index (κ2) is 13.6. The van der Waals surface area contributed by atoms with Crippen LogP contribution in [0.1, 0.15) is 57.2 Å². The van der Waals surface area contributed by atoms with Crippen LogP contribution in [0.25, 0.3) is 0 Å². The normalized spacial score (nSPS) is 16.6. The fourth-order valence-electron chi connectivity index (χ4n) is 5.39. The average Bonchev–Trinajstić information content (AvgIpc) is 3.70. The van der Waals surface area contributed by atoms with Crippen LogP contribution in [-0.4, -0.2) is 47.6 Å². The Kier molecular flexibility index (Phi) is 9.40. The van der Waals surface area contributed by atoms with Crippen LogP contribution in [0.4, 0.5) is 0 Å². The number of amides is 3. The third-order valence-corrected chi connectivity index (χ3v) is 8.88. The second-order valence-electron chi connectivity index (χ2n) is 10.9. The number of aryl methyl sites for hydroxylation is 1.